The number of halogens is 1. The first-order valence-corrected chi connectivity index (χ1v) is 7.47. The summed E-state index contributed by atoms with van der Waals surface area (Å²) >= 11 is 0. The smallest absolute Gasteiger partial charge is 0.129 e. The molecule has 0 aromatic heterocycles. The van der Waals surface area contributed by atoms with Crippen LogP contribution in [0.25, 0.3) is 0 Å². The molecule has 0 aliphatic carbocycles. The maximum absolute atomic E-state index is 13.9. The molecule has 2 aromatic carbocycles. The van der Waals surface area contributed by atoms with Gasteiger partial charge in [-0.3, -0.25) is 4.90 Å². The van der Waals surface area contributed by atoms with Crippen molar-refractivity contribution in [2.24, 2.45) is 0 Å². The Labute approximate surface area is 130 Å². The second kappa shape index (κ2) is 6.59. The van der Waals surface area contributed by atoms with E-state index < -0.39 is 6.04 Å². The van der Waals surface area contributed by atoms with Gasteiger partial charge in [-0.1, -0.05) is 36.4 Å². The lowest BCUT2D eigenvalue weighted by Crippen LogP contribution is -2.47. The van der Waals surface area contributed by atoms with Gasteiger partial charge in [-0.05, 0) is 18.2 Å². The predicted molar refractivity (Wildman–Crippen MR) is 85.0 cm³/mol. The molecule has 3 nitrogen and oxygen atoms in total. The largest absolute Gasteiger partial charge is 0.369 e. The summed E-state index contributed by atoms with van der Waals surface area (Å²) in [6.45, 7) is 3.19. The van der Waals surface area contributed by atoms with Gasteiger partial charge in [-0.15, -0.1) is 0 Å². The Morgan fingerprint density at radius 1 is 0.909 bits per heavy atom. The molecule has 2 aromatic rings. The third-order valence-electron chi connectivity index (χ3n) is 4.12. The summed E-state index contributed by atoms with van der Waals surface area (Å²) < 4.78 is 13.9. The van der Waals surface area contributed by atoms with Gasteiger partial charge in [-0.25, -0.2) is 4.39 Å². The van der Waals surface area contributed by atoms with E-state index in [1.807, 2.05) is 18.2 Å². The van der Waals surface area contributed by atoms with E-state index in [9.17, 15) is 9.65 Å². The molecular weight excluding hydrogens is 277 g/mol. The molecule has 0 bridgehead atoms. The van der Waals surface area contributed by atoms with E-state index in [1.54, 1.807) is 18.2 Å². The standard InChI is InChI=1S/C18H18FN3/c19-17-9-5-4-8-16(17)18(14-20)22-12-10-21(11-13-22)15-6-2-1-3-7-15/h1-9,18H,10-13H2. The molecule has 1 fully saturated rings. The Kier molecular flexibility index (Phi) is 4.36. The quantitative estimate of drug-likeness (QED) is 0.871. The zero-order chi connectivity index (χ0) is 15.4. The average Bonchev–Trinajstić information content (AvgIpc) is 2.59. The van der Waals surface area contributed by atoms with Gasteiger partial charge in [-0.2, -0.15) is 5.26 Å². The van der Waals surface area contributed by atoms with Crippen LogP contribution in [0.5, 0.6) is 0 Å². The lowest BCUT2D eigenvalue weighted by molar-refractivity contribution is 0.219. The monoisotopic (exact) mass is 295 g/mol. The highest BCUT2D eigenvalue weighted by Crippen LogP contribution is 2.25. The topological polar surface area (TPSA) is 30.3 Å². The lowest BCUT2D eigenvalue weighted by atomic mass is 10.0. The van der Waals surface area contributed by atoms with Gasteiger partial charge in [0, 0.05) is 37.4 Å². The predicted octanol–water partition coefficient (Wildman–Crippen LogP) is 3.21. The van der Waals surface area contributed by atoms with Crippen LogP contribution in [0.1, 0.15) is 11.6 Å². The number of rotatable bonds is 3. The molecular formula is C18H18FN3. The minimum absolute atomic E-state index is 0.306. The molecule has 4 heteroatoms. The summed E-state index contributed by atoms with van der Waals surface area (Å²) in [7, 11) is 0. The van der Waals surface area contributed by atoms with Crippen LogP contribution in [0.15, 0.2) is 54.6 Å². The molecule has 3 rings (SSSR count). The molecule has 0 N–H and O–H groups in total. The molecule has 1 unspecified atom stereocenters. The van der Waals surface area contributed by atoms with Crippen molar-refractivity contribution < 1.29 is 4.39 Å². The Hall–Kier alpha value is -2.38. The Bertz CT molecular complexity index is 658. The second-order valence-electron chi connectivity index (χ2n) is 5.41. The average molecular weight is 295 g/mol. The third kappa shape index (κ3) is 2.95. The molecule has 1 aliphatic rings. The summed E-state index contributed by atoms with van der Waals surface area (Å²) in [6.07, 6.45) is 0. The van der Waals surface area contributed by atoms with E-state index in [4.69, 9.17) is 0 Å². The van der Waals surface area contributed by atoms with E-state index in [1.165, 1.54) is 11.8 Å². The fourth-order valence-electron chi connectivity index (χ4n) is 2.92. The fraction of sp³-hybridized carbons (Fsp3) is 0.278. The van der Waals surface area contributed by atoms with Crippen LogP contribution >= 0.6 is 0 Å². The molecule has 1 saturated heterocycles. The minimum Gasteiger partial charge on any atom is -0.369 e. The number of nitriles is 1. The van der Waals surface area contributed by atoms with Crippen molar-refractivity contribution in [1.82, 2.24) is 4.90 Å². The van der Waals surface area contributed by atoms with Crippen LogP contribution < -0.4 is 4.90 Å². The molecule has 22 heavy (non-hydrogen) atoms. The van der Waals surface area contributed by atoms with Gasteiger partial charge in [0.05, 0.1) is 6.07 Å². The number of hydrogen-bond donors (Lipinski definition) is 0. The first-order valence-electron chi connectivity index (χ1n) is 7.47. The number of piperazine rings is 1. The molecule has 0 radical (unpaired) electrons. The number of nitrogens with zero attached hydrogens (tertiary/aromatic N) is 3. The number of hydrogen-bond acceptors (Lipinski definition) is 3. The van der Waals surface area contributed by atoms with Crippen LogP contribution in [0.4, 0.5) is 10.1 Å². The van der Waals surface area contributed by atoms with Gasteiger partial charge < -0.3 is 4.90 Å². The van der Waals surface area contributed by atoms with E-state index in [2.05, 4.69) is 28.0 Å². The first-order chi connectivity index (χ1) is 10.8. The maximum atomic E-state index is 13.9. The Morgan fingerprint density at radius 2 is 1.55 bits per heavy atom. The van der Waals surface area contributed by atoms with Crippen molar-refractivity contribution >= 4 is 5.69 Å². The summed E-state index contributed by atoms with van der Waals surface area (Å²) in [6, 6.07) is 18.5. The highest BCUT2D eigenvalue weighted by Gasteiger charge is 2.26. The van der Waals surface area contributed by atoms with Crippen LogP contribution in [0.2, 0.25) is 0 Å². The zero-order valence-electron chi connectivity index (χ0n) is 12.3. The summed E-state index contributed by atoms with van der Waals surface area (Å²) in [5.74, 6) is -0.306. The Balaban J connectivity index is 1.70. The van der Waals surface area contributed by atoms with E-state index in [0.29, 0.717) is 5.56 Å². The number of benzene rings is 2. The van der Waals surface area contributed by atoms with Crippen molar-refractivity contribution in [2.75, 3.05) is 31.1 Å². The van der Waals surface area contributed by atoms with Crippen molar-refractivity contribution in [3.05, 3.63) is 66.0 Å². The van der Waals surface area contributed by atoms with Gasteiger partial charge in [0.25, 0.3) is 0 Å². The van der Waals surface area contributed by atoms with Gasteiger partial charge >= 0.3 is 0 Å². The summed E-state index contributed by atoms with van der Waals surface area (Å²) in [5, 5.41) is 9.47. The first kappa shape index (κ1) is 14.6. The van der Waals surface area contributed by atoms with Crippen LogP contribution in [0, 0.1) is 17.1 Å². The SMILES string of the molecule is N#CC(c1ccccc1F)N1CCN(c2ccccc2)CC1. The molecule has 1 heterocycles. The van der Waals surface area contributed by atoms with Crippen molar-refractivity contribution in [1.29, 1.82) is 5.26 Å². The lowest BCUT2D eigenvalue weighted by Gasteiger charge is -2.38. The summed E-state index contributed by atoms with van der Waals surface area (Å²) in [4.78, 5) is 4.35. The number of anilines is 1. The van der Waals surface area contributed by atoms with Crippen molar-refractivity contribution in [3.63, 3.8) is 0 Å². The van der Waals surface area contributed by atoms with Gasteiger partial charge in [0.2, 0.25) is 0 Å². The van der Waals surface area contributed by atoms with Crippen molar-refractivity contribution in [2.45, 2.75) is 6.04 Å². The van der Waals surface area contributed by atoms with Crippen LogP contribution in [0.3, 0.4) is 0 Å². The van der Waals surface area contributed by atoms with Gasteiger partial charge in [0.15, 0.2) is 0 Å². The Morgan fingerprint density at radius 3 is 2.18 bits per heavy atom. The molecule has 1 aliphatic heterocycles. The maximum Gasteiger partial charge on any atom is 0.129 e. The van der Waals surface area contributed by atoms with E-state index in [0.717, 1.165) is 26.2 Å². The number of para-hydroxylation sites is 1. The molecule has 0 saturated carbocycles. The highest BCUT2D eigenvalue weighted by atomic mass is 19.1. The fourth-order valence-corrected chi connectivity index (χ4v) is 2.92. The zero-order valence-corrected chi connectivity index (χ0v) is 12.3. The summed E-state index contributed by atoms with van der Waals surface area (Å²) in [5.41, 5.74) is 1.67. The third-order valence-corrected chi connectivity index (χ3v) is 4.12. The van der Waals surface area contributed by atoms with Gasteiger partial charge in [0.1, 0.15) is 11.9 Å². The molecule has 112 valence electrons. The molecule has 1 atom stereocenters. The van der Waals surface area contributed by atoms with Crippen LogP contribution in [-0.4, -0.2) is 31.1 Å². The van der Waals surface area contributed by atoms with E-state index >= 15 is 0 Å². The van der Waals surface area contributed by atoms with Crippen molar-refractivity contribution in [3.8, 4) is 6.07 Å². The second-order valence-corrected chi connectivity index (χ2v) is 5.41. The molecule has 0 spiro atoms. The minimum atomic E-state index is -0.515. The normalized spacial score (nSPS) is 17.0. The highest BCUT2D eigenvalue weighted by molar-refractivity contribution is 5.46. The van der Waals surface area contributed by atoms with Crippen LogP contribution in [-0.2, 0) is 0 Å². The molecule has 0 amide bonds. The van der Waals surface area contributed by atoms with E-state index in [-0.39, 0.29) is 5.82 Å².